The number of esters is 1. The minimum Gasteiger partial charge on any atom is -0.490 e. The molecule has 1 atom stereocenters. The first-order valence-electron chi connectivity index (χ1n) is 9.03. The highest BCUT2D eigenvalue weighted by molar-refractivity contribution is 9.10. The number of nitrogens with zero attached hydrogens (tertiary/aromatic N) is 1. The Morgan fingerprint density at radius 3 is 2.54 bits per heavy atom. The summed E-state index contributed by atoms with van der Waals surface area (Å²) in [6, 6.07) is 5.21. The molecule has 0 unspecified atom stereocenters. The van der Waals surface area contributed by atoms with Crippen LogP contribution >= 0.6 is 15.9 Å². The van der Waals surface area contributed by atoms with E-state index < -0.39 is 11.9 Å². The summed E-state index contributed by atoms with van der Waals surface area (Å²) < 4.78 is 16.5. The molecule has 1 N–H and O–H groups in total. The van der Waals surface area contributed by atoms with Gasteiger partial charge in [0.2, 0.25) is 0 Å². The second-order valence-electron chi connectivity index (χ2n) is 5.81. The highest BCUT2D eigenvalue weighted by atomic mass is 79.9. The summed E-state index contributed by atoms with van der Waals surface area (Å²) >= 11 is 3.39. The third-order valence-electron chi connectivity index (χ3n) is 3.64. The third-order valence-corrected chi connectivity index (χ3v) is 4.23. The van der Waals surface area contributed by atoms with Crippen LogP contribution in [0.5, 0.6) is 11.5 Å². The Bertz CT molecular complexity index is 771. The van der Waals surface area contributed by atoms with Gasteiger partial charge in [-0.15, -0.1) is 0 Å². The summed E-state index contributed by atoms with van der Waals surface area (Å²) in [4.78, 5) is 23.8. The van der Waals surface area contributed by atoms with Crippen LogP contribution < -0.4 is 14.8 Å². The number of hydrogen-bond acceptors (Lipinski definition) is 6. The molecule has 152 valence electrons. The molecule has 0 radical (unpaired) electrons. The van der Waals surface area contributed by atoms with Crippen LogP contribution in [0.3, 0.4) is 0 Å². The lowest BCUT2D eigenvalue weighted by atomic mass is 10.1. The van der Waals surface area contributed by atoms with Gasteiger partial charge in [0.15, 0.2) is 18.1 Å². The van der Waals surface area contributed by atoms with E-state index in [0.717, 1.165) is 6.42 Å². The predicted molar refractivity (Wildman–Crippen MR) is 109 cm³/mol. The first-order chi connectivity index (χ1) is 13.4. The second kappa shape index (κ2) is 12.0. The molecule has 0 aliphatic carbocycles. The first kappa shape index (κ1) is 23.5. The summed E-state index contributed by atoms with van der Waals surface area (Å²) in [6.45, 7) is 7.71. The molecule has 0 heterocycles. The summed E-state index contributed by atoms with van der Waals surface area (Å²) in [5.74, 6) is -0.204. The first-order valence-corrected chi connectivity index (χ1v) is 9.82. The fourth-order valence-corrected chi connectivity index (χ4v) is 2.70. The molecule has 1 amide bonds. The number of ether oxygens (including phenoxy) is 3. The van der Waals surface area contributed by atoms with E-state index in [1.807, 2.05) is 26.8 Å². The zero-order valence-corrected chi connectivity index (χ0v) is 18.1. The molecule has 1 rings (SSSR count). The average Bonchev–Trinajstić information content (AvgIpc) is 2.65. The van der Waals surface area contributed by atoms with Crippen LogP contribution in [0.15, 0.2) is 22.2 Å². The van der Waals surface area contributed by atoms with Crippen molar-refractivity contribution >= 4 is 33.9 Å². The van der Waals surface area contributed by atoms with Crippen LogP contribution in [0.1, 0.15) is 39.7 Å². The molecule has 1 aromatic carbocycles. The molecule has 1 aromatic rings. The van der Waals surface area contributed by atoms with Crippen molar-refractivity contribution in [1.82, 2.24) is 5.32 Å². The number of nitriles is 1. The van der Waals surface area contributed by atoms with Gasteiger partial charge in [-0.25, -0.2) is 4.79 Å². The van der Waals surface area contributed by atoms with Crippen molar-refractivity contribution in [2.75, 3.05) is 19.8 Å². The largest absolute Gasteiger partial charge is 0.490 e. The molecule has 28 heavy (non-hydrogen) atoms. The van der Waals surface area contributed by atoms with Crippen molar-refractivity contribution in [2.24, 2.45) is 0 Å². The van der Waals surface area contributed by atoms with Gasteiger partial charge in [0.05, 0.1) is 17.7 Å². The molecular formula is C20H25BrN2O5. The highest BCUT2D eigenvalue weighted by Crippen LogP contribution is 2.37. The monoisotopic (exact) mass is 452 g/mol. The van der Waals surface area contributed by atoms with Crippen LogP contribution in [0.2, 0.25) is 0 Å². The molecule has 0 aromatic heterocycles. The van der Waals surface area contributed by atoms with Crippen LogP contribution in [-0.4, -0.2) is 37.7 Å². The molecule has 0 saturated carbocycles. The molecule has 0 aliphatic heterocycles. The fourth-order valence-electron chi connectivity index (χ4n) is 2.13. The van der Waals surface area contributed by atoms with Crippen molar-refractivity contribution in [3.05, 3.63) is 27.7 Å². The lowest BCUT2D eigenvalue weighted by Crippen LogP contribution is -2.32. The summed E-state index contributed by atoms with van der Waals surface area (Å²) in [6.07, 6.45) is 2.23. The Kier molecular flexibility index (Phi) is 10.1. The number of carbonyl (C=O) groups excluding carboxylic acids is 2. The number of nitrogens with one attached hydrogen (secondary N) is 1. The minimum atomic E-state index is -0.491. The van der Waals surface area contributed by atoms with Crippen molar-refractivity contribution in [2.45, 2.75) is 40.2 Å². The van der Waals surface area contributed by atoms with E-state index in [0.29, 0.717) is 28.1 Å². The molecule has 7 nitrogen and oxygen atoms in total. The number of rotatable bonds is 10. The second-order valence-corrected chi connectivity index (χ2v) is 6.66. The maximum absolute atomic E-state index is 12.2. The Labute approximate surface area is 173 Å². The number of benzene rings is 1. The van der Waals surface area contributed by atoms with Crippen LogP contribution in [-0.2, 0) is 14.3 Å². The molecule has 0 bridgehead atoms. The normalized spacial score (nSPS) is 11.9. The number of amides is 1. The van der Waals surface area contributed by atoms with Crippen molar-refractivity contribution in [1.29, 1.82) is 5.26 Å². The number of halogens is 1. The summed E-state index contributed by atoms with van der Waals surface area (Å²) in [5.41, 5.74) is 0.560. The van der Waals surface area contributed by atoms with Gasteiger partial charge in [0, 0.05) is 6.04 Å². The van der Waals surface area contributed by atoms with E-state index in [-0.39, 0.29) is 24.8 Å². The quantitative estimate of drug-likeness (QED) is 0.330. The Hall–Kier alpha value is -2.53. The molecule has 0 aliphatic rings. The Balaban J connectivity index is 3.15. The van der Waals surface area contributed by atoms with E-state index in [4.69, 9.17) is 14.2 Å². The van der Waals surface area contributed by atoms with Crippen LogP contribution in [0.25, 0.3) is 6.08 Å². The average molecular weight is 453 g/mol. The predicted octanol–water partition coefficient (Wildman–Crippen LogP) is 3.61. The highest BCUT2D eigenvalue weighted by Gasteiger charge is 2.16. The zero-order valence-electron chi connectivity index (χ0n) is 16.5. The minimum absolute atomic E-state index is 0.0187. The molecule has 0 saturated heterocycles. The smallest absolute Gasteiger partial charge is 0.344 e. The SMILES string of the molecule is CCOC(=O)COc1c(Br)cc(/C=C(\C#N)C(=O)N[C@H](C)CC)cc1OCC. The lowest BCUT2D eigenvalue weighted by molar-refractivity contribution is -0.145. The van der Waals surface area contributed by atoms with Gasteiger partial charge in [0.1, 0.15) is 11.6 Å². The number of hydrogen-bond donors (Lipinski definition) is 1. The molecule has 0 spiro atoms. The molecule has 0 fully saturated rings. The van der Waals surface area contributed by atoms with Gasteiger partial charge < -0.3 is 19.5 Å². The van der Waals surface area contributed by atoms with Gasteiger partial charge in [-0.05, 0) is 66.9 Å². The maximum atomic E-state index is 12.2. The molecule has 8 heteroatoms. The van der Waals surface area contributed by atoms with Gasteiger partial charge in [0.25, 0.3) is 5.91 Å². The van der Waals surface area contributed by atoms with E-state index in [9.17, 15) is 14.9 Å². The van der Waals surface area contributed by atoms with Crippen LogP contribution in [0.4, 0.5) is 0 Å². The number of carbonyl (C=O) groups is 2. The zero-order chi connectivity index (χ0) is 21.1. The van der Waals surface area contributed by atoms with Gasteiger partial charge >= 0.3 is 5.97 Å². The van der Waals surface area contributed by atoms with Gasteiger partial charge in [-0.3, -0.25) is 4.79 Å². The summed E-state index contributed by atoms with van der Waals surface area (Å²) in [5, 5.41) is 12.1. The van der Waals surface area contributed by atoms with E-state index in [2.05, 4.69) is 21.2 Å². The Morgan fingerprint density at radius 2 is 1.96 bits per heavy atom. The Morgan fingerprint density at radius 1 is 1.25 bits per heavy atom. The lowest BCUT2D eigenvalue weighted by Gasteiger charge is -2.14. The van der Waals surface area contributed by atoms with E-state index in [1.165, 1.54) is 6.08 Å². The van der Waals surface area contributed by atoms with Gasteiger partial charge in [-0.2, -0.15) is 5.26 Å². The van der Waals surface area contributed by atoms with E-state index >= 15 is 0 Å². The standard InChI is InChI=1S/C20H25BrN2O5/c1-5-13(4)23-20(25)15(11-22)8-14-9-16(21)19(17(10-14)26-6-2)28-12-18(24)27-7-3/h8-10,13H,5-7,12H2,1-4H3,(H,23,25)/b15-8+/t13-/m1/s1. The van der Waals surface area contributed by atoms with Crippen LogP contribution in [0, 0.1) is 11.3 Å². The summed E-state index contributed by atoms with van der Waals surface area (Å²) in [7, 11) is 0. The molecular weight excluding hydrogens is 428 g/mol. The third kappa shape index (κ3) is 7.24. The van der Waals surface area contributed by atoms with Crippen molar-refractivity contribution < 1.29 is 23.8 Å². The topological polar surface area (TPSA) is 97.7 Å². The fraction of sp³-hybridized carbons (Fsp3) is 0.450. The van der Waals surface area contributed by atoms with Crippen molar-refractivity contribution in [3.63, 3.8) is 0 Å². The van der Waals surface area contributed by atoms with Crippen molar-refractivity contribution in [3.8, 4) is 17.6 Å². The maximum Gasteiger partial charge on any atom is 0.344 e. The van der Waals surface area contributed by atoms with Gasteiger partial charge in [-0.1, -0.05) is 6.92 Å². The van der Waals surface area contributed by atoms with E-state index in [1.54, 1.807) is 19.1 Å².